The molecule has 0 bridgehead atoms. The van der Waals surface area contributed by atoms with Gasteiger partial charge in [-0.05, 0) is 56.7 Å². The number of methoxy groups -OCH3 is 1. The van der Waals surface area contributed by atoms with E-state index in [2.05, 4.69) is 15.0 Å². The third-order valence-corrected chi connectivity index (χ3v) is 6.39. The van der Waals surface area contributed by atoms with E-state index >= 15 is 0 Å². The Morgan fingerprint density at radius 1 is 1.09 bits per heavy atom. The molecule has 0 aliphatic heterocycles. The number of esters is 1. The van der Waals surface area contributed by atoms with Crippen LogP contribution in [0.1, 0.15) is 39.0 Å². The van der Waals surface area contributed by atoms with Crippen LogP contribution >= 0.6 is 0 Å². The number of rotatable bonds is 8. The summed E-state index contributed by atoms with van der Waals surface area (Å²) < 4.78 is 38.4. The molecule has 0 unspecified atom stereocenters. The number of hydrogen-bond acceptors (Lipinski definition) is 7. The molecule has 3 rings (SSSR count). The number of sulfonamides is 1. The van der Waals surface area contributed by atoms with Crippen molar-refractivity contribution in [2.24, 2.45) is 0 Å². The zero-order chi connectivity index (χ0) is 25.0. The lowest BCUT2D eigenvalue weighted by atomic mass is 10.1. The zero-order valence-corrected chi connectivity index (χ0v) is 19.9. The Bertz CT molecular complexity index is 1350. The number of para-hydroxylation sites is 2. The summed E-state index contributed by atoms with van der Waals surface area (Å²) >= 11 is 0. The maximum Gasteiger partial charge on any atom is 0.340 e. The number of nitrogens with one attached hydrogen (secondary N) is 3. The average Bonchev–Trinajstić information content (AvgIpc) is 3.09. The molecule has 0 saturated heterocycles. The number of benzene rings is 2. The maximum absolute atomic E-state index is 12.9. The van der Waals surface area contributed by atoms with Crippen molar-refractivity contribution in [3.05, 3.63) is 65.0 Å². The predicted octanol–water partition coefficient (Wildman–Crippen LogP) is 3.58. The van der Waals surface area contributed by atoms with Crippen molar-refractivity contribution in [2.75, 3.05) is 23.8 Å². The molecule has 1 aromatic heterocycles. The van der Waals surface area contributed by atoms with E-state index < -0.39 is 21.9 Å². The van der Waals surface area contributed by atoms with Crippen LogP contribution in [0.5, 0.6) is 11.5 Å². The summed E-state index contributed by atoms with van der Waals surface area (Å²) in [6.45, 7) is 5.07. The first-order chi connectivity index (χ1) is 16.1. The highest BCUT2D eigenvalue weighted by atomic mass is 32.2. The molecule has 0 saturated carbocycles. The number of H-pyrrole nitrogens is 1. The Hall–Kier alpha value is -3.99. The van der Waals surface area contributed by atoms with Gasteiger partial charge in [0.05, 0.1) is 35.6 Å². The van der Waals surface area contributed by atoms with Gasteiger partial charge in [0.1, 0.15) is 17.2 Å². The van der Waals surface area contributed by atoms with Crippen LogP contribution in [-0.4, -0.2) is 44.1 Å². The molecule has 3 aromatic rings. The highest BCUT2D eigenvalue weighted by Crippen LogP contribution is 2.31. The van der Waals surface area contributed by atoms with Crippen molar-refractivity contribution in [1.82, 2.24) is 4.98 Å². The van der Waals surface area contributed by atoms with Gasteiger partial charge in [-0.2, -0.15) is 0 Å². The van der Waals surface area contributed by atoms with Crippen LogP contribution in [0, 0.1) is 13.8 Å². The van der Waals surface area contributed by atoms with E-state index in [-0.39, 0.29) is 39.9 Å². The highest BCUT2D eigenvalue weighted by molar-refractivity contribution is 7.92. The van der Waals surface area contributed by atoms with Gasteiger partial charge >= 0.3 is 5.97 Å². The SMILES string of the molecule is CCOC(=O)c1c(C)[nH]c(C(=O)Nc2cc(S(=O)(=O)Nc3ccccc3OC)ccc2O)c1C. The first kappa shape index (κ1) is 24.6. The van der Waals surface area contributed by atoms with Gasteiger partial charge in [-0.1, -0.05) is 12.1 Å². The molecule has 0 aliphatic carbocycles. The van der Waals surface area contributed by atoms with Crippen LogP contribution in [0.2, 0.25) is 0 Å². The van der Waals surface area contributed by atoms with Crippen molar-refractivity contribution in [1.29, 1.82) is 0 Å². The average molecular weight is 488 g/mol. The van der Waals surface area contributed by atoms with Gasteiger partial charge in [-0.3, -0.25) is 9.52 Å². The maximum atomic E-state index is 12.9. The molecule has 180 valence electrons. The molecule has 11 heteroatoms. The molecule has 1 heterocycles. The van der Waals surface area contributed by atoms with Gasteiger partial charge in [0, 0.05) is 5.69 Å². The predicted molar refractivity (Wildman–Crippen MR) is 126 cm³/mol. The van der Waals surface area contributed by atoms with E-state index in [0.29, 0.717) is 17.0 Å². The lowest BCUT2D eigenvalue weighted by Gasteiger charge is -2.13. The number of hydrogen-bond donors (Lipinski definition) is 4. The summed E-state index contributed by atoms with van der Waals surface area (Å²) in [7, 11) is -2.66. The van der Waals surface area contributed by atoms with E-state index in [0.717, 1.165) is 12.1 Å². The number of aromatic hydroxyl groups is 1. The second-order valence-electron chi connectivity index (χ2n) is 7.28. The number of anilines is 2. The van der Waals surface area contributed by atoms with Crippen molar-refractivity contribution in [3.8, 4) is 11.5 Å². The minimum atomic E-state index is -4.08. The standard InChI is InChI=1S/C23H25N3O7S/c1-5-33-23(29)20-13(2)21(24-14(20)3)22(28)25-17-12-15(10-11-18(17)27)34(30,31)26-16-8-6-7-9-19(16)32-4/h6-12,24,26-27H,5H2,1-4H3,(H,25,28). The summed E-state index contributed by atoms with van der Waals surface area (Å²) in [6.07, 6.45) is 0. The van der Waals surface area contributed by atoms with Crippen LogP contribution in [0.3, 0.4) is 0 Å². The molecule has 4 N–H and O–H groups in total. The van der Waals surface area contributed by atoms with Crippen LogP contribution < -0.4 is 14.8 Å². The lowest BCUT2D eigenvalue weighted by Crippen LogP contribution is -2.16. The summed E-state index contributed by atoms with van der Waals surface area (Å²) in [6, 6.07) is 9.97. The second-order valence-corrected chi connectivity index (χ2v) is 8.97. The number of aromatic nitrogens is 1. The zero-order valence-electron chi connectivity index (χ0n) is 19.1. The van der Waals surface area contributed by atoms with Gasteiger partial charge in [0.15, 0.2) is 0 Å². The van der Waals surface area contributed by atoms with E-state index in [9.17, 15) is 23.1 Å². The Morgan fingerprint density at radius 2 is 1.79 bits per heavy atom. The summed E-state index contributed by atoms with van der Waals surface area (Å²) in [5.41, 5.74) is 1.25. The van der Waals surface area contributed by atoms with E-state index in [1.165, 1.54) is 19.2 Å². The van der Waals surface area contributed by atoms with Crippen LogP contribution in [0.4, 0.5) is 11.4 Å². The number of phenols is 1. The third-order valence-electron chi connectivity index (χ3n) is 5.02. The fraction of sp³-hybridized carbons (Fsp3) is 0.217. The summed E-state index contributed by atoms with van der Waals surface area (Å²) in [4.78, 5) is 27.7. The van der Waals surface area contributed by atoms with Crippen molar-refractivity contribution in [3.63, 3.8) is 0 Å². The quantitative estimate of drug-likeness (QED) is 0.280. The normalized spacial score (nSPS) is 11.1. The molecule has 0 aliphatic rings. The van der Waals surface area contributed by atoms with Gasteiger partial charge < -0.3 is 24.9 Å². The molecule has 1 amide bonds. The molecule has 0 atom stereocenters. The monoisotopic (exact) mass is 487 g/mol. The summed E-state index contributed by atoms with van der Waals surface area (Å²) in [5, 5.41) is 12.7. The Balaban J connectivity index is 1.89. The van der Waals surface area contributed by atoms with Gasteiger partial charge in [0.2, 0.25) is 0 Å². The van der Waals surface area contributed by atoms with Gasteiger partial charge in [-0.15, -0.1) is 0 Å². The van der Waals surface area contributed by atoms with E-state index in [1.807, 2.05) is 0 Å². The number of carbonyl (C=O) groups is 2. The number of ether oxygens (including phenoxy) is 2. The lowest BCUT2D eigenvalue weighted by molar-refractivity contribution is 0.0525. The molecule has 0 radical (unpaired) electrons. The van der Waals surface area contributed by atoms with Crippen LogP contribution in [-0.2, 0) is 14.8 Å². The molecular formula is C23H25N3O7S. The first-order valence-electron chi connectivity index (χ1n) is 10.3. The molecule has 10 nitrogen and oxygen atoms in total. The van der Waals surface area contributed by atoms with E-state index in [4.69, 9.17) is 9.47 Å². The van der Waals surface area contributed by atoms with Crippen LogP contribution in [0.25, 0.3) is 0 Å². The number of aromatic amines is 1. The fourth-order valence-electron chi connectivity index (χ4n) is 3.39. The summed E-state index contributed by atoms with van der Waals surface area (Å²) in [5.74, 6) is -1.24. The van der Waals surface area contributed by atoms with Gasteiger partial charge in [0.25, 0.3) is 15.9 Å². The fourth-order valence-corrected chi connectivity index (χ4v) is 4.48. The minimum absolute atomic E-state index is 0.0837. The van der Waals surface area contributed by atoms with Crippen molar-refractivity contribution in [2.45, 2.75) is 25.7 Å². The van der Waals surface area contributed by atoms with Gasteiger partial charge in [-0.25, -0.2) is 13.2 Å². The van der Waals surface area contributed by atoms with Crippen LogP contribution in [0.15, 0.2) is 47.4 Å². The topological polar surface area (TPSA) is 147 Å². The Labute approximate surface area is 197 Å². The molecule has 34 heavy (non-hydrogen) atoms. The number of carbonyl (C=O) groups excluding carboxylic acids is 2. The second kappa shape index (κ2) is 9.87. The first-order valence-corrected chi connectivity index (χ1v) is 11.7. The molecule has 0 fully saturated rings. The molecule has 2 aromatic carbocycles. The number of amides is 1. The minimum Gasteiger partial charge on any atom is -0.506 e. The molecule has 0 spiro atoms. The third kappa shape index (κ3) is 4.99. The Kier molecular flexibility index (Phi) is 7.16. The smallest absolute Gasteiger partial charge is 0.340 e. The molecular weight excluding hydrogens is 462 g/mol. The number of phenolic OH excluding ortho intramolecular Hbond substituents is 1. The largest absolute Gasteiger partial charge is 0.506 e. The van der Waals surface area contributed by atoms with E-state index in [1.54, 1.807) is 39.0 Å². The Morgan fingerprint density at radius 3 is 2.47 bits per heavy atom. The number of aryl methyl sites for hydroxylation is 1. The van der Waals surface area contributed by atoms with Crippen molar-refractivity contribution >= 4 is 33.3 Å². The highest BCUT2D eigenvalue weighted by Gasteiger charge is 2.24. The van der Waals surface area contributed by atoms with Crippen molar-refractivity contribution < 1.29 is 32.6 Å².